The summed E-state index contributed by atoms with van der Waals surface area (Å²) < 4.78 is 5.48. The van der Waals surface area contributed by atoms with Crippen molar-refractivity contribution in [3.63, 3.8) is 0 Å². The standard InChI is InChI=1S/C16H21N3O/c1-11-4-5-13(8-12(11)2)9-14-18-15(20-19-14)16(3)6-7-17-10-16/h4-5,8,17H,6-7,9-10H2,1-3H3. The van der Waals surface area contributed by atoms with E-state index in [1.807, 2.05) is 0 Å². The summed E-state index contributed by atoms with van der Waals surface area (Å²) in [5, 5.41) is 7.50. The predicted octanol–water partition coefficient (Wildman–Crippen LogP) is 2.53. The number of rotatable bonds is 3. The van der Waals surface area contributed by atoms with Crippen LogP contribution >= 0.6 is 0 Å². The first kappa shape index (κ1) is 13.3. The van der Waals surface area contributed by atoms with E-state index in [2.05, 4.69) is 54.4 Å². The van der Waals surface area contributed by atoms with E-state index in [1.165, 1.54) is 16.7 Å². The molecule has 1 saturated heterocycles. The van der Waals surface area contributed by atoms with Crippen molar-refractivity contribution in [2.75, 3.05) is 13.1 Å². The molecule has 20 heavy (non-hydrogen) atoms. The Morgan fingerprint density at radius 1 is 1.30 bits per heavy atom. The number of aromatic nitrogens is 2. The number of nitrogens with one attached hydrogen (secondary N) is 1. The summed E-state index contributed by atoms with van der Waals surface area (Å²) in [7, 11) is 0. The second kappa shape index (κ2) is 5.02. The molecule has 4 nitrogen and oxygen atoms in total. The third kappa shape index (κ3) is 2.48. The summed E-state index contributed by atoms with van der Waals surface area (Å²) in [6, 6.07) is 6.48. The van der Waals surface area contributed by atoms with E-state index in [9.17, 15) is 0 Å². The number of nitrogens with zero attached hydrogens (tertiary/aromatic N) is 2. The Bertz CT molecular complexity index is 612. The maximum absolute atomic E-state index is 5.48. The van der Waals surface area contributed by atoms with Gasteiger partial charge in [-0.1, -0.05) is 23.4 Å². The van der Waals surface area contributed by atoms with Crippen molar-refractivity contribution in [1.29, 1.82) is 0 Å². The maximum Gasteiger partial charge on any atom is 0.233 e. The molecule has 2 aromatic rings. The first-order valence-corrected chi connectivity index (χ1v) is 7.17. The molecule has 0 spiro atoms. The molecule has 1 unspecified atom stereocenters. The van der Waals surface area contributed by atoms with Gasteiger partial charge in [0.2, 0.25) is 5.89 Å². The first-order chi connectivity index (χ1) is 9.57. The third-order valence-electron chi connectivity index (χ3n) is 4.29. The quantitative estimate of drug-likeness (QED) is 0.932. The van der Waals surface area contributed by atoms with Gasteiger partial charge in [0.25, 0.3) is 0 Å². The van der Waals surface area contributed by atoms with Crippen LogP contribution in [0.5, 0.6) is 0 Å². The molecule has 3 rings (SSSR count). The van der Waals surface area contributed by atoms with Crippen molar-refractivity contribution in [3.8, 4) is 0 Å². The lowest BCUT2D eigenvalue weighted by Crippen LogP contribution is -2.25. The van der Waals surface area contributed by atoms with Crippen LogP contribution in [0.2, 0.25) is 0 Å². The Morgan fingerprint density at radius 2 is 2.15 bits per heavy atom. The number of hydrogen-bond donors (Lipinski definition) is 1. The highest BCUT2D eigenvalue weighted by atomic mass is 16.5. The minimum absolute atomic E-state index is 0.00551. The second-order valence-electron chi connectivity index (χ2n) is 6.10. The first-order valence-electron chi connectivity index (χ1n) is 7.17. The van der Waals surface area contributed by atoms with Crippen molar-refractivity contribution in [1.82, 2.24) is 15.5 Å². The summed E-state index contributed by atoms with van der Waals surface area (Å²) >= 11 is 0. The van der Waals surface area contributed by atoms with E-state index in [0.717, 1.165) is 37.6 Å². The fraction of sp³-hybridized carbons (Fsp3) is 0.500. The Labute approximate surface area is 119 Å². The van der Waals surface area contributed by atoms with E-state index in [0.29, 0.717) is 0 Å². The van der Waals surface area contributed by atoms with Gasteiger partial charge in [0.05, 0.1) is 5.41 Å². The molecule has 1 N–H and O–H groups in total. The molecule has 4 heteroatoms. The molecular formula is C16H21N3O. The van der Waals surface area contributed by atoms with Gasteiger partial charge in [-0.2, -0.15) is 4.98 Å². The summed E-state index contributed by atoms with van der Waals surface area (Å²) in [4.78, 5) is 4.59. The van der Waals surface area contributed by atoms with Crippen LogP contribution in [-0.4, -0.2) is 23.2 Å². The molecule has 0 bridgehead atoms. The molecule has 2 heterocycles. The molecule has 106 valence electrons. The number of hydrogen-bond acceptors (Lipinski definition) is 4. The van der Waals surface area contributed by atoms with E-state index in [1.54, 1.807) is 0 Å². The summed E-state index contributed by atoms with van der Waals surface area (Å²) in [6.07, 6.45) is 1.78. The average molecular weight is 271 g/mol. The molecule has 0 aliphatic carbocycles. The van der Waals surface area contributed by atoms with Gasteiger partial charge in [0.15, 0.2) is 5.82 Å². The van der Waals surface area contributed by atoms with Crippen molar-refractivity contribution >= 4 is 0 Å². The minimum Gasteiger partial charge on any atom is -0.339 e. The van der Waals surface area contributed by atoms with Crippen LogP contribution in [0.4, 0.5) is 0 Å². The van der Waals surface area contributed by atoms with Crippen molar-refractivity contribution in [2.45, 2.75) is 39.0 Å². The molecule has 1 atom stereocenters. The van der Waals surface area contributed by atoms with Crippen molar-refractivity contribution in [3.05, 3.63) is 46.6 Å². The normalized spacial score (nSPS) is 22.4. The highest BCUT2D eigenvalue weighted by Crippen LogP contribution is 2.28. The Morgan fingerprint density at radius 3 is 2.85 bits per heavy atom. The predicted molar refractivity (Wildman–Crippen MR) is 77.9 cm³/mol. The summed E-state index contributed by atoms with van der Waals surface area (Å²) in [5.74, 6) is 1.54. The zero-order valence-corrected chi connectivity index (χ0v) is 12.4. The Kier molecular flexibility index (Phi) is 3.34. The van der Waals surface area contributed by atoms with Gasteiger partial charge >= 0.3 is 0 Å². The molecular weight excluding hydrogens is 250 g/mol. The Hall–Kier alpha value is -1.68. The van der Waals surface area contributed by atoms with Crippen LogP contribution < -0.4 is 5.32 Å². The Balaban J connectivity index is 1.78. The lowest BCUT2D eigenvalue weighted by atomic mass is 9.90. The molecule has 1 aromatic heterocycles. The van der Waals surface area contributed by atoms with Crippen molar-refractivity contribution < 1.29 is 4.52 Å². The van der Waals surface area contributed by atoms with Crippen LogP contribution in [-0.2, 0) is 11.8 Å². The van der Waals surface area contributed by atoms with E-state index < -0.39 is 0 Å². The molecule has 1 aliphatic rings. The minimum atomic E-state index is -0.00551. The lowest BCUT2D eigenvalue weighted by Gasteiger charge is -2.15. The van der Waals surface area contributed by atoms with Crippen molar-refractivity contribution in [2.24, 2.45) is 0 Å². The molecule has 1 aromatic carbocycles. The van der Waals surface area contributed by atoms with Gasteiger partial charge in [-0.25, -0.2) is 0 Å². The average Bonchev–Trinajstić information content (AvgIpc) is 3.04. The van der Waals surface area contributed by atoms with Gasteiger partial charge in [-0.05, 0) is 50.4 Å². The van der Waals surface area contributed by atoms with Crippen LogP contribution in [0.3, 0.4) is 0 Å². The zero-order valence-electron chi connectivity index (χ0n) is 12.4. The van der Waals surface area contributed by atoms with Crippen LogP contribution in [0, 0.1) is 13.8 Å². The largest absolute Gasteiger partial charge is 0.339 e. The summed E-state index contributed by atoms with van der Waals surface area (Å²) in [5.41, 5.74) is 3.84. The van der Waals surface area contributed by atoms with E-state index in [-0.39, 0.29) is 5.41 Å². The second-order valence-corrected chi connectivity index (χ2v) is 6.10. The number of aryl methyl sites for hydroxylation is 2. The van der Waals surface area contributed by atoms with Gasteiger partial charge < -0.3 is 9.84 Å². The molecule has 0 radical (unpaired) electrons. The highest BCUT2D eigenvalue weighted by molar-refractivity contribution is 5.31. The van der Waals surface area contributed by atoms with Crippen LogP contribution in [0.1, 0.15) is 41.8 Å². The molecule has 1 fully saturated rings. The van der Waals surface area contributed by atoms with E-state index in [4.69, 9.17) is 4.52 Å². The highest BCUT2D eigenvalue weighted by Gasteiger charge is 2.36. The lowest BCUT2D eigenvalue weighted by molar-refractivity contribution is 0.304. The molecule has 0 amide bonds. The van der Waals surface area contributed by atoms with Crippen LogP contribution in [0.25, 0.3) is 0 Å². The number of benzene rings is 1. The smallest absolute Gasteiger partial charge is 0.233 e. The fourth-order valence-corrected chi connectivity index (χ4v) is 2.67. The maximum atomic E-state index is 5.48. The third-order valence-corrected chi connectivity index (χ3v) is 4.29. The topological polar surface area (TPSA) is 51.0 Å². The summed E-state index contributed by atoms with van der Waals surface area (Å²) in [6.45, 7) is 8.37. The van der Waals surface area contributed by atoms with Gasteiger partial charge in [-0.3, -0.25) is 0 Å². The zero-order chi connectivity index (χ0) is 14.2. The van der Waals surface area contributed by atoms with Gasteiger partial charge in [0, 0.05) is 13.0 Å². The fourth-order valence-electron chi connectivity index (χ4n) is 2.67. The van der Waals surface area contributed by atoms with Crippen LogP contribution in [0.15, 0.2) is 22.7 Å². The van der Waals surface area contributed by atoms with E-state index >= 15 is 0 Å². The molecule has 1 aliphatic heterocycles. The SMILES string of the molecule is Cc1ccc(Cc2noc(C3(C)CCNC3)n2)cc1C. The van der Waals surface area contributed by atoms with Gasteiger partial charge in [0.1, 0.15) is 0 Å². The molecule has 0 saturated carbocycles. The van der Waals surface area contributed by atoms with Gasteiger partial charge in [-0.15, -0.1) is 0 Å². The monoisotopic (exact) mass is 271 g/mol.